The van der Waals surface area contributed by atoms with E-state index >= 15 is 0 Å². The molecule has 1 aromatic carbocycles. The summed E-state index contributed by atoms with van der Waals surface area (Å²) in [6.07, 6.45) is 1.64. The summed E-state index contributed by atoms with van der Waals surface area (Å²) in [5, 5.41) is 16.6. The van der Waals surface area contributed by atoms with Gasteiger partial charge < -0.3 is 15.2 Å². The number of benzene rings is 1. The topological polar surface area (TPSA) is 76.4 Å². The Hall–Kier alpha value is -2.25. The van der Waals surface area contributed by atoms with Crippen molar-refractivity contribution in [3.63, 3.8) is 0 Å². The number of aliphatic hydroxyl groups excluding tert-OH is 1. The number of rotatable bonds is 6. The Morgan fingerprint density at radius 1 is 1.46 bits per heavy atom. The second kappa shape index (κ2) is 7.11. The molecule has 7 heteroatoms. The summed E-state index contributed by atoms with van der Waals surface area (Å²) in [7, 11) is 1.48. The van der Waals surface area contributed by atoms with Crippen LogP contribution in [-0.4, -0.2) is 47.2 Å². The number of nitrogens with one attached hydrogen (secondary N) is 1. The van der Waals surface area contributed by atoms with Crippen molar-refractivity contribution in [3.05, 3.63) is 47.0 Å². The second-order valence-electron chi connectivity index (χ2n) is 5.81. The Balaban J connectivity index is 1.87. The first-order valence-electron chi connectivity index (χ1n) is 7.92. The standard InChI is InChI=1S/C17H20FN3O3/c1-24-10-11(22)9-19-17(23)16-12-5-4-8-14(12)21(20-16)15-7-3-2-6-13(15)18/h2-3,6-7,11,22H,4-5,8-10H2,1H3,(H,19,23). The Labute approximate surface area is 139 Å². The van der Waals surface area contributed by atoms with Crippen LogP contribution in [0.3, 0.4) is 0 Å². The van der Waals surface area contributed by atoms with Crippen LogP contribution in [-0.2, 0) is 17.6 Å². The van der Waals surface area contributed by atoms with Gasteiger partial charge >= 0.3 is 0 Å². The summed E-state index contributed by atoms with van der Waals surface area (Å²) in [5.41, 5.74) is 2.38. The lowest BCUT2D eigenvalue weighted by atomic mass is 10.2. The van der Waals surface area contributed by atoms with Gasteiger partial charge in [0.2, 0.25) is 0 Å². The third-order valence-electron chi connectivity index (χ3n) is 4.08. The number of aliphatic hydroxyl groups is 1. The highest BCUT2D eigenvalue weighted by atomic mass is 19.1. The number of fused-ring (bicyclic) bond motifs is 1. The fourth-order valence-corrected chi connectivity index (χ4v) is 2.99. The van der Waals surface area contributed by atoms with E-state index in [2.05, 4.69) is 10.4 Å². The molecular formula is C17H20FN3O3. The minimum absolute atomic E-state index is 0.0774. The molecule has 0 aliphatic heterocycles. The molecule has 1 amide bonds. The molecule has 0 radical (unpaired) electrons. The number of aromatic nitrogens is 2. The van der Waals surface area contributed by atoms with Gasteiger partial charge in [-0.05, 0) is 31.4 Å². The van der Waals surface area contributed by atoms with E-state index in [1.165, 1.54) is 17.9 Å². The van der Waals surface area contributed by atoms with Gasteiger partial charge in [0.15, 0.2) is 5.69 Å². The summed E-state index contributed by atoms with van der Waals surface area (Å²) in [6, 6.07) is 6.37. The van der Waals surface area contributed by atoms with Crippen molar-refractivity contribution in [1.29, 1.82) is 0 Å². The van der Waals surface area contributed by atoms with Crippen LogP contribution < -0.4 is 5.32 Å². The monoisotopic (exact) mass is 333 g/mol. The highest BCUT2D eigenvalue weighted by Crippen LogP contribution is 2.28. The van der Waals surface area contributed by atoms with Gasteiger partial charge in [-0.15, -0.1) is 0 Å². The molecule has 0 saturated heterocycles. The van der Waals surface area contributed by atoms with Crippen molar-refractivity contribution in [1.82, 2.24) is 15.1 Å². The SMILES string of the molecule is COCC(O)CNC(=O)c1nn(-c2ccccc2F)c2c1CCC2. The average molecular weight is 333 g/mol. The first kappa shape index (κ1) is 16.6. The predicted octanol–water partition coefficient (Wildman–Crippen LogP) is 1.24. The van der Waals surface area contributed by atoms with Crippen molar-refractivity contribution < 1.29 is 19.0 Å². The zero-order valence-corrected chi connectivity index (χ0v) is 13.5. The van der Waals surface area contributed by atoms with E-state index < -0.39 is 6.10 Å². The number of hydrogen-bond donors (Lipinski definition) is 2. The first-order valence-corrected chi connectivity index (χ1v) is 7.92. The summed E-state index contributed by atoms with van der Waals surface area (Å²) >= 11 is 0. The molecule has 128 valence electrons. The number of halogens is 1. The van der Waals surface area contributed by atoms with Crippen molar-refractivity contribution in [2.75, 3.05) is 20.3 Å². The van der Waals surface area contributed by atoms with Crippen LogP contribution in [0.1, 0.15) is 28.2 Å². The zero-order valence-electron chi connectivity index (χ0n) is 13.5. The number of methoxy groups -OCH3 is 1. The maximum Gasteiger partial charge on any atom is 0.272 e. The highest BCUT2D eigenvalue weighted by molar-refractivity contribution is 5.94. The Morgan fingerprint density at radius 3 is 3.00 bits per heavy atom. The number of para-hydroxylation sites is 1. The van der Waals surface area contributed by atoms with E-state index in [0.29, 0.717) is 11.4 Å². The lowest BCUT2D eigenvalue weighted by Gasteiger charge is -2.10. The van der Waals surface area contributed by atoms with Gasteiger partial charge in [0, 0.05) is 24.9 Å². The van der Waals surface area contributed by atoms with E-state index in [1.54, 1.807) is 18.2 Å². The molecule has 1 aromatic heterocycles. The maximum atomic E-state index is 14.1. The van der Waals surface area contributed by atoms with Gasteiger partial charge in [-0.1, -0.05) is 12.1 Å². The Kier molecular flexibility index (Phi) is 4.92. The molecule has 1 aliphatic rings. The summed E-state index contributed by atoms with van der Waals surface area (Å²) in [4.78, 5) is 12.4. The lowest BCUT2D eigenvalue weighted by molar-refractivity contribution is 0.0608. The molecule has 1 unspecified atom stereocenters. The van der Waals surface area contributed by atoms with Crippen molar-refractivity contribution in [2.24, 2.45) is 0 Å². The van der Waals surface area contributed by atoms with Crippen LogP contribution in [0.5, 0.6) is 0 Å². The molecule has 1 heterocycles. The molecule has 3 rings (SSSR count). The van der Waals surface area contributed by atoms with Gasteiger partial charge in [-0.25, -0.2) is 9.07 Å². The van der Waals surface area contributed by atoms with Crippen LogP contribution in [0.2, 0.25) is 0 Å². The molecule has 2 aromatic rings. The van der Waals surface area contributed by atoms with E-state index in [9.17, 15) is 14.3 Å². The van der Waals surface area contributed by atoms with Gasteiger partial charge in [-0.3, -0.25) is 4.79 Å². The summed E-state index contributed by atoms with van der Waals surface area (Å²) < 4.78 is 20.4. The highest BCUT2D eigenvalue weighted by Gasteiger charge is 2.27. The third-order valence-corrected chi connectivity index (χ3v) is 4.08. The largest absolute Gasteiger partial charge is 0.389 e. The molecule has 1 aliphatic carbocycles. The van der Waals surface area contributed by atoms with Gasteiger partial charge in [0.1, 0.15) is 11.5 Å². The van der Waals surface area contributed by atoms with E-state index in [0.717, 1.165) is 30.5 Å². The average Bonchev–Trinajstić information content (AvgIpc) is 3.16. The summed E-state index contributed by atoms with van der Waals surface area (Å²) in [6.45, 7) is 0.218. The number of carbonyl (C=O) groups is 1. The Bertz CT molecular complexity index is 745. The molecule has 24 heavy (non-hydrogen) atoms. The Morgan fingerprint density at radius 2 is 2.25 bits per heavy atom. The molecule has 1 atom stereocenters. The predicted molar refractivity (Wildman–Crippen MR) is 85.8 cm³/mol. The van der Waals surface area contributed by atoms with Crippen molar-refractivity contribution in [2.45, 2.75) is 25.4 Å². The number of amides is 1. The quantitative estimate of drug-likeness (QED) is 0.834. The molecule has 6 nitrogen and oxygen atoms in total. The number of hydrogen-bond acceptors (Lipinski definition) is 4. The maximum absolute atomic E-state index is 14.1. The minimum atomic E-state index is -0.777. The van der Waals surface area contributed by atoms with Crippen LogP contribution in [0.4, 0.5) is 4.39 Å². The van der Waals surface area contributed by atoms with Crippen LogP contribution in [0, 0.1) is 5.82 Å². The molecule has 0 saturated carbocycles. The third kappa shape index (κ3) is 3.18. The molecule has 0 bridgehead atoms. The first-order chi connectivity index (χ1) is 11.6. The van der Waals surface area contributed by atoms with Gasteiger partial charge in [-0.2, -0.15) is 5.10 Å². The van der Waals surface area contributed by atoms with E-state index in [1.807, 2.05) is 0 Å². The lowest BCUT2D eigenvalue weighted by Crippen LogP contribution is -2.35. The van der Waals surface area contributed by atoms with Crippen LogP contribution >= 0.6 is 0 Å². The molecule has 0 spiro atoms. The normalized spacial score (nSPS) is 14.5. The second-order valence-corrected chi connectivity index (χ2v) is 5.81. The fraction of sp³-hybridized carbons (Fsp3) is 0.412. The molecular weight excluding hydrogens is 313 g/mol. The molecule has 0 fully saturated rings. The van der Waals surface area contributed by atoms with Crippen molar-refractivity contribution >= 4 is 5.91 Å². The van der Waals surface area contributed by atoms with E-state index in [-0.39, 0.29) is 24.9 Å². The molecule has 2 N–H and O–H groups in total. The van der Waals surface area contributed by atoms with Crippen LogP contribution in [0.25, 0.3) is 5.69 Å². The number of carbonyl (C=O) groups excluding carboxylic acids is 1. The summed E-state index contributed by atoms with van der Waals surface area (Å²) in [5.74, 6) is -0.740. The van der Waals surface area contributed by atoms with Gasteiger partial charge in [0.05, 0.1) is 12.7 Å². The number of nitrogens with zero attached hydrogens (tertiary/aromatic N) is 2. The van der Waals surface area contributed by atoms with Crippen molar-refractivity contribution in [3.8, 4) is 5.69 Å². The smallest absolute Gasteiger partial charge is 0.272 e. The zero-order chi connectivity index (χ0) is 17.1. The van der Waals surface area contributed by atoms with Crippen LogP contribution in [0.15, 0.2) is 24.3 Å². The van der Waals surface area contributed by atoms with E-state index in [4.69, 9.17) is 4.74 Å². The van der Waals surface area contributed by atoms with Gasteiger partial charge in [0.25, 0.3) is 5.91 Å². The minimum Gasteiger partial charge on any atom is -0.389 e. The fourth-order valence-electron chi connectivity index (χ4n) is 2.99. The number of ether oxygens (including phenoxy) is 1.